The molecule has 0 heterocycles. The molecule has 0 aliphatic heterocycles. The Kier molecular flexibility index (Phi) is 8.40. The van der Waals surface area contributed by atoms with Crippen molar-refractivity contribution in [2.45, 2.75) is 20.0 Å². The number of halogens is 1. The minimum absolute atomic E-state index is 0. The molecular weight excluding hydrogens is 156 g/mol. The molecule has 0 aromatic carbocycles. The van der Waals surface area contributed by atoms with Gasteiger partial charge in [0.05, 0.1) is 0 Å². The van der Waals surface area contributed by atoms with E-state index in [0.717, 1.165) is 0 Å². The van der Waals surface area contributed by atoms with E-state index in [-0.39, 0.29) is 18.3 Å². The number of carbonyl (C=O) groups excluding carboxylic acids is 1. The Bertz CT molecular complexity index is 99.6. The zero-order chi connectivity index (χ0) is 7.28. The van der Waals surface area contributed by atoms with Crippen LogP contribution >= 0.6 is 12.4 Å². The predicted molar refractivity (Wildman–Crippen MR) is 40.7 cm³/mol. The van der Waals surface area contributed by atoms with Crippen molar-refractivity contribution in [2.24, 2.45) is 5.84 Å². The van der Waals surface area contributed by atoms with E-state index in [1.54, 1.807) is 6.92 Å². The van der Waals surface area contributed by atoms with Crippen molar-refractivity contribution in [3.63, 3.8) is 0 Å². The van der Waals surface area contributed by atoms with Crippen LogP contribution in [-0.4, -0.2) is 18.6 Å². The maximum absolute atomic E-state index is 10.5. The number of nitrogens with one attached hydrogen (secondary N) is 1. The van der Waals surface area contributed by atoms with E-state index >= 15 is 0 Å². The first-order valence-corrected chi connectivity index (χ1v) is 2.84. The summed E-state index contributed by atoms with van der Waals surface area (Å²) in [6, 6.07) is 0. The zero-order valence-electron chi connectivity index (χ0n) is 6.09. The van der Waals surface area contributed by atoms with Crippen molar-refractivity contribution in [2.75, 3.05) is 6.61 Å². The van der Waals surface area contributed by atoms with Gasteiger partial charge in [-0.2, -0.15) is 0 Å². The number of hydrogen-bond acceptors (Lipinski definition) is 3. The van der Waals surface area contributed by atoms with Crippen LogP contribution in [0.1, 0.15) is 13.8 Å². The highest BCUT2D eigenvalue weighted by atomic mass is 35.5. The summed E-state index contributed by atoms with van der Waals surface area (Å²) in [4.78, 5) is 10.5. The second-order valence-electron chi connectivity index (χ2n) is 1.61. The van der Waals surface area contributed by atoms with Crippen molar-refractivity contribution >= 4 is 18.3 Å². The Hall–Kier alpha value is -0.320. The average molecular weight is 169 g/mol. The van der Waals surface area contributed by atoms with Crippen molar-refractivity contribution in [3.8, 4) is 0 Å². The van der Waals surface area contributed by atoms with Gasteiger partial charge >= 0.3 is 0 Å². The summed E-state index contributed by atoms with van der Waals surface area (Å²) in [6.07, 6.45) is -0.444. The van der Waals surface area contributed by atoms with Gasteiger partial charge < -0.3 is 4.74 Å². The summed E-state index contributed by atoms with van der Waals surface area (Å²) in [5, 5.41) is 0. The van der Waals surface area contributed by atoms with Gasteiger partial charge in [0, 0.05) is 6.61 Å². The third-order valence-corrected chi connectivity index (χ3v) is 0.928. The van der Waals surface area contributed by atoms with Crippen molar-refractivity contribution in [1.29, 1.82) is 0 Å². The number of rotatable bonds is 3. The van der Waals surface area contributed by atoms with E-state index < -0.39 is 6.10 Å². The fraction of sp³-hybridized carbons (Fsp3) is 0.800. The van der Waals surface area contributed by atoms with Crippen LogP contribution in [0.15, 0.2) is 0 Å². The molecule has 5 heteroatoms. The fourth-order valence-corrected chi connectivity index (χ4v) is 0.443. The van der Waals surface area contributed by atoms with E-state index in [4.69, 9.17) is 10.6 Å². The molecule has 0 aromatic rings. The van der Waals surface area contributed by atoms with Crippen molar-refractivity contribution in [1.82, 2.24) is 5.43 Å². The number of carbonyl (C=O) groups is 1. The molecule has 4 nitrogen and oxygen atoms in total. The summed E-state index contributed by atoms with van der Waals surface area (Å²) in [5.41, 5.74) is 1.99. The highest BCUT2D eigenvalue weighted by molar-refractivity contribution is 5.85. The molecule has 0 rings (SSSR count). The Morgan fingerprint density at radius 3 is 2.60 bits per heavy atom. The lowest BCUT2D eigenvalue weighted by atomic mass is 10.4. The second kappa shape index (κ2) is 6.80. The molecule has 0 aliphatic rings. The summed E-state index contributed by atoms with van der Waals surface area (Å²) in [6.45, 7) is 3.99. The van der Waals surface area contributed by atoms with Crippen molar-refractivity contribution in [3.05, 3.63) is 0 Å². The Morgan fingerprint density at radius 1 is 1.80 bits per heavy atom. The van der Waals surface area contributed by atoms with Gasteiger partial charge in [-0.1, -0.05) is 0 Å². The summed E-state index contributed by atoms with van der Waals surface area (Å²) in [7, 11) is 0. The Balaban J connectivity index is 0. The number of nitrogens with two attached hydrogens (primary N) is 1. The lowest BCUT2D eigenvalue weighted by molar-refractivity contribution is -0.131. The smallest absolute Gasteiger partial charge is 0.262 e. The Labute approximate surface area is 66.5 Å². The van der Waals surface area contributed by atoms with Gasteiger partial charge in [-0.15, -0.1) is 12.4 Å². The van der Waals surface area contributed by atoms with Gasteiger partial charge in [-0.05, 0) is 13.8 Å². The first kappa shape index (κ1) is 12.4. The van der Waals surface area contributed by atoms with Crippen LogP contribution < -0.4 is 11.3 Å². The number of hydrazine groups is 1. The first-order chi connectivity index (χ1) is 4.22. The minimum Gasteiger partial charge on any atom is -0.369 e. The Morgan fingerprint density at radius 2 is 2.30 bits per heavy atom. The third-order valence-electron chi connectivity index (χ3n) is 0.928. The molecule has 0 fully saturated rings. The first-order valence-electron chi connectivity index (χ1n) is 2.84. The monoisotopic (exact) mass is 168 g/mol. The van der Waals surface area contributed by atoms with E-state index in [9.17, 15) is 4.79 Å². The zero-order valence-corrected chi connectivity index (χ0v) is 6.90. The molecule has 0 saturated carbocycles. The maximum atomic E-state index is 10.5. The molecule has 1 unspecified atom stereocenters. The number of amides is 1. The summed E-state index contributed by atoms with van der Waals surface area (Å²) in [5.74, 6) is 4.53. The molecule has 3 N–H and O–H groups in total. The molecule has 10 heavy (non-hydrogen) atoms. The standard InChI is InChI=1S/C5H12N2O2.ClH/c1-3-9-4(2)5(8)7-6;/h4H,3,6H2,1-2H3,(H,7,8);1H. The third kappa shape index (κ3) is 4.55. The van der Waals surface area contributed by atoms with Gasteiger partial charge in [-0.3, -0.25) is 10.2 Å². The maximum Gasteiger partial charge on any atom is 0.262 e. The molecule has 1 atom stereocenters. The average Bonchev–Trinajstić information content (AvgIpc) is 1.87. The molecule has 0 aromatic heterocycles. The fourth-order valence-electron chi connectivity index (χ4n) is 0.443. The van der Waals surface area contributed by atoms with Crippen LogP contribution in [0.5, 0.6) is 0 Å². The van der Waals surface area contributed by atoms with E-state index in [0.29, 0.717) is 6.61 Å². The highest BCUT2D eigenvalue weighted by Gasteiger charge is 2.08. The quantitative estimate of drug-likeness (QED) is 0.349. The van der Waals surface area contributed by atoms with Crippen LogP contribution in [-0.2, 0) is 9.53 Å². The molecular formula is C5H13ClN2O2. The van der Waals surface area contributed by atoms with Gasteiger partial charge in [0.1, 0.15) is 6.10 Å². The summed E-state index contributed by atoms with van der Waals surface area (Å²) >= 11 is 0. The lowest BCUT2D eigenvalue weighted by Crippen LogP contribution is -2.38. The van der Waals surface area contributed by atoms with Crippen molar-refractivity contribution < 1.29 is 9.53 Å². The minimum atomic E-state index is -0.444. The molecule has 0 radical (unpaired) electrons. The molecule has 62 valence electrons. The molecule has 1 amide bonds. The molecule has 0 spiro atoms. The van der Waals surface area contributed by atoms with Crippen LogP contribution in [0.4, 0.5) is 0 Å². The van der Waals surface area contributed by atoms with Crippen LogP contribution in [0.2, 0.25) is 0 Å². The van der Waals surface area contributed by atoms with E-state index in [1.807, 2.05) is 12.3 Å². The van der Waals surface area contributed by atoms with Gasteiger partial charge in [0.15, 0.2) is 0 Å². The largest absolute Gasteiger partial charge is 0.369 e. The predicted octanol–water partition coefficient (Wildman–Crippen LogP) is -0.177. The highest BCUT2D eigenvalue weighted by Crippen LogP contribution is 1.87. The van der Waals surface area contributed by atoms with Crippen LogP contribution in [0.3, 0.4) is 0 Å². The normalized spacial score (nSPS) is 11.5. The van der Waals surface area contributed by atoms with Gasteiger partial charge in [-0.25, -0.2) is 5.84 Å². The molecule has 0 bridgehead atoms. The number of hydrogen-bond donors (Lipinski definition) is 2. The van der Waals surface area contributed by atoms with E-state index in [1.165, 1.54) is 0 Å². The second-order valence-corrected chi connectivity index (χ2v) is 1.61. The molecule has 0 aliphatic carbocycles. The van der Waals surface area contributed by atoms with Crippen LogP contribution in [0.25, 0.3) is 0 Å². The van der Waals surface area contributed by atoms with E-state index in [2.05, 4.69) is 0 Å². The lowest BCUT2D eigenvalue weighted by Gasteiger charge is -2.07. The SMILES string of the molecule is CCOC(C)C(=O)NN.Cl. The van der Waals surface area contributed by atoms with Gasteiger partial charge in [0.25, 0.3) is 5.91 Å². The van der Waals surface area contributed by atoms with Gasteiger partial charge in [0.2, 0.25) is 0 Å². The molecule has 0 saturated heterocycles. The number of ether oxygens (including phenoxy) is 1. The summed E-state index contributed by atoms with van der Waals surface area (Å²) < 4.78 is 4.90. The van der Waals surface area contributed by atoms with Crippen LogP contribution in [0, 0.1) is 0 Å². The topological polar surface area (TPSA) is 64.3 Å².